The Morgan fingerprint density at radius 2 is 1.59 bits per heavy atom. The number of likely N-dealkylation sites (N-methyl/N-ethyl adjacent to an activating group) is 1. The van der Waals surface area contributed by atoms with Gasteiger partial charge in [0.05, 0.1) is 11.0 Å². The second kappa shape index (κ2) is 13.2. The molecule has 4 N–H and O–H groups in total. The summed E-state index contributed by atoms with van der Waals surface area (Å²) in [6, 6.07) is 3.07. The van der Waals surface area contributed by atoms with E-state index in [1.165, 1.54) is 12.1 Å². The second-order valence-electron chi connectivity index (χ2n) is 11.8. The summed E-state index contributed by atoms with van der Waals surface area (Å²) in [5, 5.41) is 39.3. The summed E-state index contributed by atoms with van der Waals surface area (Å²) >= 11 is 0. The number of aromatic hydroxyl groups is 1. The third kappa shape index (κ3) is 6.59. The van der Waals surface area contributed by atoms with E-state index in [1.807, 2.05) is 7.05 Å². The fourth-order valence-electron chi connectivity index (χ4n) is 6.76. The number of halogens is 3. The van der Waals surface area contributed by atoms with Crippen LogP contribution in [0.1, 0.15) is 44.7 Å². The highest BCUT2D eigenvalue weighted by atomic mass is 19.4. The molecule has 1 spiro atoms. The van der Waals surface area contributed by atoms with Gasteiger partial charge in [-0.05, 0) is 51.1 Å². The summed E-state index contributed by atoms with van der Waals surface area (Å²) in [5.74, 6) is -9.03. The first-order chi connectivity index (χ1) is 22.6. The average Bonchev–Trinajstić information content (AvgIpc) is 3.35. The van der Waals surface area contributed by atoms with Crippen LogP contribution in [0.3, 0.4) is 0 Å². The predicted molar refractivity (Wildman–Crippen MR) is 151 cm³/mol. The fraction of sp³-hybridized carbons (Fsp3) is 0.533. The molecule has 1 saturated heterocycles. The largest absolute Gasteiger partial charge is 0.504 e. The second-order valence-corrected chi connectivity index (χ2v) is 11.8. The minimum Gasteiger partial charge on any atom is -0.504 e. The van der Waals surface area contributed by atoms with Crippen LogP contribution in [0.15, 0.2) is 24.0 Å². The van der Waals surface area contributed by atoms with Gasteiger partial charge in [-0.1, -0.05) is 6.07 Å². The number of benzene rings is 1. The molecule has 268 valence electrons. The van der Waals surface area contributed by atoms with Crippen LogP contribution in [0.5, 0.6) is 11.5 Å². The monoisotopic (exact) mass is 703 g/mol. The van der Waals surface area contributed by atoms with Gasteiger partial charge in [0.1, 0.15) is 5.76 Å². The molecule has 2 bridgehead atoms. The Morgan fingerprint density at radius 3 is 2.14 bits per heavy atom. The number of hydrogen-bond donors (Lipinski definition) is 4. The van der Waals surface area contributed by atoms with E-state index in [1.54, 1.807) is 6.07 Å². The molecule has 0 radical (unpaired) electrons. The van der Waals surface area contributed by atoms with Crippen LogP contribution in [-0.2, 0) is 59.6 Å². The van der Waals surface area contributed by atoms with Crippen molar-refractivity contribution in [1.82, 2.24) is 4.90 Å². The molecule has 4 aliphatic rings. The smallest absolute Gasteiger partial charge is 0.490 e. The molecule has 0 aromatic heterocycles. The van der Waals surface area contributed by atoms with Crippen LogP contribution < -0.4 is 4.74 Å². The van der Waals surface area contributed by atoms with Crippen molar-refractivity contribution in [2.24, 2.45) is 0 Å². The van der Waals surface area contributed by atoms with Crippen LogP contribution in [0.25, 0.3) is 0 Å². The molecule has 5 rings (SSSR count). The number of aliphatic carboxylic acids is 2. The number of aliphatic hydroxyl groups is 1. The highest BCUT2D eigenvalue weighted by Crippen LogP contribution is 2.65. The number of carbonyl (C=O) groups excluding carboxylic acids is 4. The number of hydrogen-bond acceptors (Lipinski definition) is 14. The van der Waals surface area contributed by atoms with Crippen LogP contribution in [0.2, 0.25) is 0 Å². The van der Waals surface area contributed by atoms with Crippen LogP contribution in [0, 0.1) is 0 Å². The van der Waals surface area contributed by atoms with Crippen molar-refractivity contribution in [2.45, 2.75) is 87.7 Å². The van der Waals surface area contributed by atoms with Gasteiger partial charge in [0.2, 0.25) is 12.2 Å². The van der Waals surface area contributed by atoms with Gasteiger partial charge in [0.15, 0.2) is 23.7 Å². The zero-order valence-electron chi connectivity index (χ0n) is 26.3. The molecular formula is C30H32F3NO15. The number of ether oxygens (including phenoxy) is 5. The van der Waals surface area contributed by atoms with Crippen molar-refractivity contribution < 1.29 is 86.0 Å². The van der Waals surface area contributed by atoms with Gasteiger partial charge in [-0.3, -0.25) is 9.59 Å². The van der Waals surface area contributed by atoms with E-state index >= 15 is 0 Å². The summed E-state index contributed by atoms with van der Waals surface area (Å²) < 4.78 is 58.0. The zero-order valence-corrected chi connectivity index (χ0v) is 26.3. The number of phenolic OH excluding ortho intramolecular Hbond substituents is 1. The summed E-state index contributed by atoms with van der Waals surface area (Å²) in [7, 11) is 1.93. The lowest BCUT2D eigenvalue weighted by molar-refractivity contribution is -0.193. The number of nitrogens with zero attached hydrogens (tertiary/aromatic N) is 1. The van der Waals surface area contributed by atoms with Gasteiger partial charge in [-0.25, -0.2) is 19.2 Å². The summed E-state index contributed by atoms with van der Waals surface area (Å²) in [6.07, 6.45) is -9.48. The number of carboxylic acid groups (broad SMARTS) is 2. The normalized spacial score (nSPS) is 26.5. The van der Waals surface area contributed by atoms with Crippen LogP contribution in [0.4, 0.5) is 13.2 Å². The number of likely N-dealkylation sites (tertiary alicyclic amines) is 1. The van der Waals surface area contributed by atoms with Crippen molar-refractivity contribution in [1.29, 1.82) is 0 Å². The fourth-order valence-corrected chi connectivity index (χ4v) is 6.76. The Bertz CT molecular complexity index is 1610. The SMILES string of the molecule is CC(=O)O[C@@H](C(=O)O)[C@@H](OC(C)=O)C(=O)O[C@@H](C)C(=O)OC1=CC[C@@]2(O)[C@H]3Cc4ccc(O)c5c4[C@@]2(CCN3C)[C@H]1O5.O=C(O)C(F)(F)F. The summed E-state index contributed by atoms with van der Waals surface area (Å²) in [5.41, 5.74) is -0.701. The Labute approximate surface area is 274 Å². The lowest BCUT2D eigenvalue weighted by Gasteiger charge is -2.61. The molecule has 19 heteroatoms. The molecule has 1 aromatic carbocycles. The first kappa shape index (κ1) is 36.9. The Balaban J connectivity index is 0.000000698. The number of alkyl halides is 3. The standard InChI is InChI=1S/C28H31NO13.C2HF3O2/c1-12(38-26(36)22(40-14(3)31)21(24(33)34)39-13(2)30)25(35)41-17-7-8-28(37)18-11-15-5-6-16(32)20-19(15)27(28,23(17)42-20)9-10-29(18)4;3-2(4,5)1(6)7/h5-7,12,18,21-23,32,37H,8-11H2,1-4H3,(H,33,34);(H,6,7)/t12-,18+,21+,22+,23-,27-,28+;/m0./s1. The molecular weight excluding hydrogens is 671 g/mol. The summed E-state index contributed by atoms with van der Waals surface area (Å²) in [6.45, 7) is 3.57. The molecule has 1 aromatic rings. The predicted octanol–water partition coefficient (Wildman–Crippen LogP) is 0.726. The highest BCUT2D eigenvalue weighted by Gasteiger charge is 2.72. The zero-order chi connectivity index (χ0) is 36.8. The highest BCUT2D eigenvalue weighted by molar-refractivity contribution is 5.89. The van der Waals surface area contributed by atoms with E-state index in [0.29, 0.717) is 24.9 Å². The third-order valence-corrected chi connectivity index (χ3v) is 8.78. The molecule has 0 amide bonds. The van der Waals surface area contributed by atoms with Gasteiger partial charge >= 0.3 is 42.0 Å². The van der Waals surface area contributed by atoms with Crippen molar-refractivity contribution in [2.75, 3.05) is 13.6 Å². The number of carboxylic acids is 2. The first-order valence-electron chi connectivity index (χ1n) is 14.6. The van der Waals surface area contributed by atoms with Gasteiger partial charge in [0, 0.05) is 31.9 Å². The number of carbonyl (C=O) groups is 6. The molecule has 1 fully saturated rings. The topological polar surface area (TPSA) is 233 Å². The minimum absolute atomic E-state index is 0.0548. The van der Waals surface area contributed by atoms with Gasteiger partial charge in [-0.2, -0.15) is 13.2 Å². The number of piperidine rings is 1. The van der Waals surface area contributed by atoms with E-state index in [-0.39, 0.29) is 29.7 Å². The van der Waals surface area contributed by atoms with E-state index in [4.69, 9.17) is 28.8 Å². The Morgan fingerprint density at radius 1 is 1.00 bits per heavy atom. The lowest BCUT2D eigenvalue weighted by atomic mass is 9.50. The minimum atomic E-state index is -5.08. The van der Waals surface area contributed by atoms with Crippen molar-refractivity contribution in [3.63, 3.8) is 0 Å². The molecule has 49 heavy (non-hydrogen) atoms. The third-order valence-electron chi connectivity index (χ3n) is 8.78. The number of rotatable bonds is 8. The van der Waals surface area contributed by atoms with E-state index in [2.05, 4.69) is 9.64 Å². The van der Waals surface area contributed by atoms with Gasteiger partial charge < -0.3 is 49.0 Å². The number of esters is 4. The molecule has 0 unspecified atom stereocenters. The van der Waals surface area contributed by atoms with Crippen molar-refractivity contribution >= 4 is 35.8 Å². The number of phenols is 1. The van der Waals surface area contributed by atoms with E-state index < -0.39 is 77.4 Å². The van der Waals surface area contributed by atoms with Crippen molar-refractivity contribution in [3.05, 3.63) is 35.1 Å². The Hall–Kier alpha value is -4.91. The maximum absolute atomic E-state index is 13.1. The van der Waals surface area contributed by atoms with Crippen LogP contribution in [-0.4, -0.2) is 117 Å². The van der Waals surface area contributed by atoms with Crippen LogP contribution >= 0.6 is 0 Å². The molecule has 2 heterocycles. The lowest BCUT2D eigenvalue weighted by Crippen LogP contribution is -2.74. The van der Waals surface area contributed by atoms with Gasteiger partial charge in [-0.15, -0.1) is 0 Å². The quantitative estimate of drug-likeness (QED) is 0.216. The van der Waals surface area contributed by atoms with E-state index in [9.17, 15) is 52.5 Å². The van der Waals surface area contributed by atoms with Crippen molar-refractivity contribution in [3.8, 4) is 11.5 Å². The maximum atomic E-state index is 13.1. The maximum Gasteiger partial charge on any atom is 0.490 e. The molecule has 2 aliphatic carbocycles. The molecule has 0 saturated carbocycles. The first-order valence-corrected chi connectivity index (χ1v) is 14.6. The summed E-state index contributed by atoms with van der Waals surface area (Å²) in [4.78, 5) is 71.5. The molecule has 16 nitrogen and oxygen atoms in total. The average molecular weight is 704 g/mol. The molecule has 2 aliphatic heterocycles. The Kier molecular flexibility index (Phi) is 9.93. The van der Waals surface area contributed by atoms with E-state index in [0.717, 1.165) is 26.3 Å². The van der Waals surface area contributed by atoms with Gasteiger partial charge in [0.25, 0.3) is 0 Å². The molecule has 7 atom stereocenters.